The van der Waals surface area contributed by atoms with Crippen molar-refractivity contribution < 1.29 is 24.2 Å². The van der Waals surface area contributed by atoms with Crippen LogP contribution in [0.2, 0.25) is 0 Å². The third-order valence-electron chi connectivity index (χ3n) is 2.87. The number of aliphatic hydroxyl groups excluding tert-OH is 1. The summed E-state index contributed by atoms with van der Waals surface area (Å²) in [5.74, 6) is -2.99. The Labute approximate surface area is 132 Å². The summed E-state index contributed by atoms with van der Waals surface area (Å²) >= 11 is 3.33. The van der Waals surface area contributed by atoms with Crippen LogP contribution in [0.1, 0.15) is 31.1 Å². The van der Waals surface area contributed by atoms with Crippen molar-refractivity contribution in [2.75, 3.05) is 13.2 Å². The van der Waals surface area contributed by atoms with E-state index in [1.54, 1.807) is 32.0 Å². The molecule has 0 aliphatic carbocycles. The Balaban J connectivity index is 3.11. The van der Waals surface area contributed by atoms with E-state index in [2.05, 4.69) is 15.9 Å². The third-order valence-corrected chi connectivity index (χ3v) is 3.56. The molecular weight excluding hydrogens is 340 g/mol. The topological polar surface area (TPSA) is 72.8 Å². The van der Waals surface area contributed by atoms with Crippen molar-refractivity contribution in [1.82, 2.24) is 0 Å². The molecule has 1 aromatic rings. The zero-order valence-electron chi connectivity index (χ0n) is 12.3. The number of rotatable bonds is 6. The average Bonchev–Trinajstić information content (AvgIpc) is 2.39. The largest absolute Gasteiger partial charge is 0.465 e. The summed E-state index contributed by atoms with van der Waals surface area (Å²) in [4.78, 5) is 23.9. The smallest absolute Gasteiger partial charge is 0.323 e. The number of aliphatic hydroxyl groups is 1. The van der Waals surface area contributed by atoms with Gasteiger partial charge < -0.3 is 14.6 Å². The van der Waals surface area contributed by atoms with Gasteiger partial charge in [-0.15, -0.1) is 0 Å². The molecule has 6 heteroatoms. The highest BCUT2D eigenvalue weighted by atomic mass is 79.9. The number of carbonyl (C=O) groups is 2. The molecule has 0 radical (unpaired) electrons. The van der Waals surface area contributed by atoms with E-state index in [1.165, 1.54) is 0 Å². The lowest BCUT2D eigenvalue weighted by Crippen LogP contribution is -2.33. The summed E-state index contributed by atoms with van der Waals surface area (Å²) < 4.78 is 10.3. The van der Waals surface area contributed by atoms with Crippen molar-refractivity contribution in [2.45, 2.75) is 26.9 Å². The molecule has 21 heavy (non-hydrogen) atoms. The van der Waals surface area contributed by atoms with E-state index < -0.39 is 24.0 Å². The van der Waals surface area contributed by atoms with E-state index in [0.29, 0.717) is 10.0 Å². The molecule has 0 amide bonds. The number of hydrogen-bond acceptors (Lipinski definition) is 5. The molecule has 0 saturated heterocycles. The first-order valence-corrected chi connectivity index (χ1v) is 7.49. The monoisotopic (exact) mass is 358 g/mol. The molecule has 0 aromatic heterocycles. The average molecular weight is 359 g/mol. The predicted octanol–water partition coefficient (Wildman–Crippen LogP) is 2.53. The Bertz CT molecular complexity index is 497. The highest BCUT2D eigenvalue weighted by molar-refractivity contribution is 9.10. The standard InChI is InChI=1S/C15H19BrO5/c1-4-20-14(18)12(15(19)21-5-2)13(17)10-7-6-9(3)8-11(10)16/h6-8,12-13,17H,4-5H2,1-3H3. The van der Waals surface area contributed by atoms with Crippen molar-refractivity contribution in [3.8, 4) is 0 Å². The quantitative estimate of drug-likeness (QED) is 0.624. The van der Waals surface area contributed by atoms with Crippen molar-refractivity contribution in [3.05, 3.63) is 33.8 Å². The molecule has 0 spiro atoms. The van der Waals surface area contributed by atoms with Crippen LogP contribution in [-0.4, -0.2) is 30.3 Å². The first-order chi connectivity index (χ1) is 9.92. The summed E-state index contributed by atoms with van der Waals surface area (Å²) in [5.41, 5.74) is 1.42. The molecule has 0 aliphatic rings. The minimum atomic E-state index is -1.40. The van der Waals surface area contributed by atoms with Crippen molar-refractivity contribution >= 4 is 27.9 Å². The number of hydrogen-bond donors (Lipinski definition) is 1. The number of ether oxygens (including phenoxy) is 2. The molecule has 1 aromatic carbocycles. The maximum absolute atomic E-state index is 12.0. The fraction of sp³-hybridized carbons (Fsp3) is 0.467. The Morgan fingerprint density at radius 3 is 2.14 bits per heavy atom. The minimum Gasteiger partial charge on any atom is -0.465 e. The van der Waals surface area contributed by atoms with Crippen LogP contribution < -0.4 is 0 Å². The Hall–Kier alpha value is -1.40. The van der Waals surface area contributed by atoms with Gasteiger partial charge in [0.1, 0.15) is 6.10 Å². The molecule has 0 heterocycles. The number of esters is 2. The Morgan fingerprint density at radius 1 is 1.19 bits per heavy atom. The van der Waals surface area contributed by atoms with Crippen LogP contribution in [-0.2, 0) is 19.1 Å². The first kappa shape index (κ1) is 17.7. The maximum atomic E-state index is 12.0. The van der Waals surface area contributed by atoms with Gasteiger partial charge in [0.2, 0.25) is 0 Å². The third kappa shape index (κ3) is 4.54. The zero-order chi connectivity index (χ0) is 16.0. The molecule has 1 unspecified atom stereocenters. The van der Waals surface area contributed by atoms with Gasteiger partial charge in [-0.2, -0.15) is 0 Å². The Kier molecular flexibility index (Phi) is 6.84. The number of halogens is 1. The number of carbonyl (C=O) groups excluding carboxylic acids is 2. The van der Waals surface area contributed by atoms with Crippen LogP contribution in [0.4, 0.5) is 0 Å². The van der Waals surface area contributed by atoms with Gasteiger partial charge in [-0.1, -0.05) is 28.1 Å². The van der Waals surface area contributed by atoms with Crippen LogP contribution in [0.5, 0.6) is 0 Å². The highest BCUT2D eigenvalue weighted by Gasteiger charge is 2.38. The van der Waals surface area contributed by atoms with E-state index >= 15 is 0 Å². The van der Waals surface area contributed by atoms with Crippen LogP contribution >= 0.6 is 15.9 Å². The minimum absolute atomic E-state index is 0.122. The lowest BCUT2D eigenvalue weighted by Gasteiger charge is -2.21. The van der Waals surface area contributed by atoms with Crippen molar-refractivity contribution in [1.29, 1.82) is 0 Å². The van der Waals surface area contributed by atoms with E-state index in [0.717, 1.165) is 5.56 Å². The van der Waals surface area contributed by atoms with Crippen LogP contribution in [0.25, 0.3) is 0 Å². The number of benzene rings is 1. The lowest BCUT2D eigenvalue weighted by molar-refractivity contribution is -0.167. The summed E-state index contributed by atoms with van der Waals surface area (Å²) in [5, 5.41) is 10.4. The molecule has 5 nitrogen and oxygen atoms in total. The van der Waals surface area contributed by atoms with Gasteiger partial charge in [-0.25, -0.2) is 0 Å². The van der Waals surface area contributed by atoms with Crippen molar-refractivity contribution in [2.24, 2.45) is 5.92 Å². The van der Waals surface area contributed by atoms with Crippen molar-refractivity contribution in [3.63, 3.8) is 0 Å². The summed E-state index contributed by atoms with van der Waals surface area (Å²) in [6, 6.07) is 5.25. The highest BCUT2D eigenvalue weighted by Crippen LogP contribution is 2.31. The van der Waals surface area contributed by atoms with Gasteiger partial charge in [-0.05, 0) is 38.0 Å². The molecular formula is C15H19BrO5. The Morgan fingerprint density at radius 2 is 1.71 bits per heavy atom. The van der Waals surface area contributed by atoms with Crippen LogP contribution in [0.15, 0.2) is 22.7 Å². The zero-order valence-corrected chi connectivity index (χ0v) is 13.8. The molecule has 1 rings (SSSR count). The van der Waals surface area contributed by atoms with E-state index in [1.807, 2.05) is 6.92 Å². The second-order valence-electron chi connectivity index (χ2n) is 4.45. The first-order valence-electron chi connectivity index (χ1n) is 6.69. The SMILES string of the molecule is CCOC(=O)C(C(=O)OCC)C(O)c1ccc(C)cc1Br. The predicted molar refractivity (Wildman–Crippen MR) is 80.6 cm³/mol. The van der Waals surface area contributed by atoms with Gasteiger partial charge in [-0.3, -0.25) is 9.59 Å². The molecule has 0 saturated carbocycles. The van der Waals surface area contributed by atoms with Crippen LogP contribution in [0, 0.1) is 12.8 Å². The summed E-state index contributed by atoms with van der Waals surface area (Å²) in [7, 11) is 0. The molecule has 1 N–H and O–H groups in total. The van der Waals surface area contributed by atoms with Gasteiger partial charge in [0, 0.05) is 4.47 Å². The fourth-order valence-corrected chi connectivity index (χ4v) is 2.60. The number of aryl methyl sites for hydroxylation is 1. The van der Waals surface area contributed by atoms with E-state index in [9.17, 15) is 14.7 Å². The molecule has 116 valence electrons. The maximum Gasteiger partial charge on any atom is 0.323 e. The molecule has 0 fully saturated rings. The van der Waals surface area contributed by atoms with Gasteiger partial charge in [0.05, 0.1) is 13.2 Å². The van der Waals surface area contributed by atoms with Crippen LogP contribution in [0.3, 0.4) is 0 Å². The van der Waals surface area contributed by atoms with E-state index in [4.69, 9.17) is 9.47 Å². The second kappa shape index (κ2) is 8.14. The van der Waals surface area contributed by atoms with Gasteiger partial charge >= 0.3 is 11.9 Å². The second-order valence-corrected chi connectivity index (χ2v) is 5.31. The molecule has 0 bridgehead atoms. The van der Waals surface area contributed by atoms with E-state index in [-0.39, 0.29) is 13.2 Å². The fourth-order valence-electron chi connectivity index (χ4n) is 1.87. The summed E-state index contributed by atoms with van der Waals surface area (Å²) in [6.45, 7) is 5.41. The molecule has 0 aliphatic heterocycles. The van der Waals surface area contributed by atoms with Gasteiger partial charge in [0.25, 0.3) is 0 Å². The lowest BCUT2D eigenvalue weighted by atomic mass is 9.95. The normalized spacial score (nSPS) is 12.1. The summed E-state index contributed by atoms with van der Waals surface area (Å²) in [6.07, 6.45) is -1.34. The van der Waals surface area contributed by atoms with Gasteiger partial charge in [0.15, 0.2) is 5.92 Å². The molecule has 1 atom stereocenters.